The van der Waals surface area contributed by atoms with E-state index in [0.717, 1.165) is 38.9 Å². The fourth-order valence-electron chi connectivity index (χ4n) is 0.667. The molecule has 106 valence electrons. The fraction of sp³-hybridized carbons (Fsp3) is 0.667. The summed E-state index contributed by atoms with van der Waals surface area (Å²) in [4.78, 5) is 28.9. The molecule has 0 heterocycles. The monoisotopic (exact) mass is 262 g/mol. The number of aliphatic carboxylic acids is 2. The number of carbonyl (C=O) groups is 2. The van der Waals surface area contributed by atoms with Crippen LogP contribution in [-0.4, -0.2) is 35.4 Å². The summed E-state index contributed by atoms with van der Waals surface area (Å²) >= 11 is 0. The minimum absolute atomic E-state index is 0.558. The van der Waals surface area contributed by atoms with Crippen molar-refractivity contribution in [1.29, 1.82) is 0 Å². The lowest BCUT2D eigenvalue weighted by Gasteiger charge is -2.00. The molecule has 0 amide bonds. The van der Waals surface area contributed by atoms with Crippen LogP contribution in [0.5, 0.6) is 0 Å². The van der Waals surface area contributed by atoms with Crippen LogP contribution in [0.15, 0.2) is 12.2 Å². The Balaban J connectivity index is 0. The maximum absolute atomic E-state index is 9.55. The Kier molecular flexibility index (Phi) is 16.4. The van der Waals surface area contributed by atoms with E-state index in [1.807, 2.05) is 0 Å². The van der Waals surface area contributed by atoms with Crippen LogP contribution in [0, 0.1) is 0 Å². The third-order valence-corrected chi connectivity index (χ3v) is 1.61. The number of unbranched alkanes of at least 4 members (excludes halogenated alkanes) is 2. The summed E-state index contributed by atoms with van der Waals surface area (Å²) in [6.07, 6.45) is 5.62. The van der Waals surface area contributed by atoms with Gasteiger partial charge in [0.15, 0.2) is 0 Å². The zero-order valence-electron chi connectivity index (χ0n) is 10.9. The molecule has 18 heavy (non-hydrogen) atoms. The van der Waals surface area contributed by atoms with Crippen molar-refractivity contribution in [2.45, 2.75) is 39.5 Å². The zero-order valence-corrected chi connectivity index (χ0v) is 10.9. The predicted molar refractivity (Wildman–Crippen MR) is 66.1 cm³/mol. The average molecular weight is 262 g/mol. The van der Waals surface area contributed by atoms with Gasteiger partial charge in [-0.3, -0.25) is 0 Å². The van der Waals surface area contributed by atoms with Crippen LogP contribution in [0.4, 0.5) is 0 Å². The molecule has 0 unspecified atom stereocenters. The van der Waals surface area contributed by atoms with Crippen LogP contribution in [0.3, 0.4) is 0 Å². The van der Waals surface area contributed by atoms with Gasteiger partial charge in [-0.15, -0.1) is 0 Å². The van der Waals surface area contributed by atoms with E-state index < -0.39 is 11.9 Å². The molecule has 2 N–H and O–H groups in total. The average Bonchev–Trinajstić information content (AvgIpc) is 2.32. The van der Waals surface area contributed by atoms with Gasteiger partial charge in [0.1, 0.15) is 0 Å². The highest BCUT2D eigenvalue weighted by Crippen LogP contribution is 1.91. The van der Waals surface area contributed by atoms with Gasteiger partial charge in [0.25, 0.3) is 0 Å². The molecule has 0 saturated carbocycles. The highest BCUT2D eigenvalue weighted by atomic mass is 17.2. The van der Waals surface area contributed by atoms with Crippen molar-refractivity contribution in [2.24, 2.45) is 0 Å². The number of rotatable bonds is 9. The van der Waals surface area contributed by atoms with Crippen molar-refractivity contribution in [3.63, 3.8) is 0 Å². The maximum Gasteiger partial charge on any atom is 0.328 e. The van der Waals surface area contributed by atoms with E-state index in [1.165, 1.54) is 0 Å². The number of hydrogen-bond donors (Lipinski definition) is 2. The molecule has 0 aliphatic carbocycles. The van der Waals surface area contributed by atoms with E-state index in [9.17, 15) is 9.59 Å². The van der Waals surface area contributed by atoms with Gasteiger partial charge in [-0.2, -0.15) is 0 Å². The molecule has 0 atom stereocenters. The molecule has 0 aliphatic heterocycles. The molecule has 0 saturated heterocycles. The Bertz CT molecular complexity index is 213. The Hall–Kier alpha value is -1.40. The second kappa shape index (κ2) is 15.6. The summed E-state index contributed by atoms with van der Waals surface area (Å²) in [5, 5.41) is 15.6. The SMILES string of the molecule is CCCCOOCCCC.O=C(O)C=CC(=O)O. The van der Waals surface area contributed by atoms with E-state index in [2.05, 4.69) is 13.8 Å². The molecule has 0 rings (SSSR count). The minimum Gasteiger partial charge on any atom is -0.478 e. The summed E-state index contributed by atoms with van der Waals surface area (Å²) in [5.41, 5.74) is 0. The molecule has 0 aromatic rings. The highest BCUT2D eigenvalue weighted by Gasteiger charge is 1.88. The minimum atomic E-state index is -1.26. The molecular formula is C12H22O6. The molecule has 0 aromatic carbocycles. The first kappa shape index (κ1) is 19.0. The highest BCUT2D eigenvalue weighted by molar-refractivity contribution is 5.89. The molecule has 0 aromatic heterocycles. The first-order valence-electron chi connectivity index (χ1n) is 5.92. The second-order valence-corrected chi connectivity index (χ2v) is 3.36. The fourth-order valence-corrected chi connectivity index (χ4v) is 0.667. The standard InChI is InChI=1S/C8H18O2.C4H4O4/c1-3-5-7-9-10-8-6-4-2;5-3(6)1-2-4(7)8/h3-8H2,1-2H3;1-2H,(H,5,6)(H,7,8). The van der Waals surface area contributed by atoms with Crippen molar-refractivity contribution >= 4 is 11.9 Å². The smallest absolute Gasteiger partial charge is 0.328 e. The third-order valence-electron chi connectivity index (χ3n) is 1.61. The van der Waals surface area contributed by atoms with Crippen molar-refractivity contribution in [2.75, 3.05) is 13.2 Å². The molecule has 0 fully saturated rings. The van der Waals surface area contributed by atoms with Crippen LogP contribution < -0.4 is 0 Å². The van der Waals surface area contributed by atoms with Gasteiger partial charge in [-0.05, 0) is 12.8 Å². The van der Waals surface area contributed by atoms with Crippen LogP contribution >= 0.6 is 0 Å². The van der Waals surface area contributed by atoms with E-state index in [4.69, 9.17) is 20.0 Å². The zero-order chi connectivity index (χ0) is 14.2. The Morgan fingerprint density at radius 1 is 0.889 bits per heavy atom. The summed E-state index contributed by atoms with van der Waals surface area (Å²) in [7, 11) is 0. The molecule has 6 nitrogen and oxygen atoms in total. The lowest BCUT2D eigenvalue weighted by atomic mass is 10.4. The van der Waals surface area contributed by atoms with Crippen LogP contribution in [-0.2, 0) is 19.4 Å². The van der Waals surface area contributed by atoms with Crippen LogP contribution in [0.25, 0.3) is 0 Å². The van der Waals surface area contributed by atoms with Crippen LogP contribution in [0.1, 0.15) is 39.5 Å². The Morgan fingerprint density at radius 3 is 1.44 bits per heavy atom. The first-order valence-corrected chi connectivity index (χ1v) is 5.92. The number of hydrogen-bond acceptors (Lipinski definition) is 4. The number of carboxylic acid groups (broad SMARTS) is 2. The normalized spacial score (nSPS) is 9.89. The summed E-state index contributed by atoms with van der Waals surface area (Å²) in [5.74, 6) is -2.51. The lowest BCUT2D eigenvalue weighted by Crippen LogP contribution is -1.97. The molecule has 6 heteroatoms. The summed E-state index contributed by atoms with van der Waals surface area (Å²) in [6, 6.07) is 0. The van der Waals surface area contributed by atoms with E-state index in [1.54, 1.807) is 0 Å². The summed E-state index contributed by atoms with van der Waals surface area (Å²) in [6.45, 7) is 5.74. The molecule has 0 aliphatic rings. The van der Waals surface area contributed by atoms with E-state index >= 15 is 0 Å². The van der Waals surface area contributed by atoms with Gasteiger partial charge in [0.05, 0.1) is 13.2 Å². The van der Waals surface area contributed by atoms with E-state index in [-0.39, 0.29) is 0 Å². The van der Waals surface area contributed by atoms with Crippen LogP contribution in [0.2, 0.25) is 0 Å². The van der Waals surface area contributed by atoms with Gasteiger partial charge < -0.3 is 10.2 Å². The van der Waals surface area contributed by atoms with Crippen molar-refractivity contribution in [3.05, 3.63) is 12.2 Å². The molecule has 0 radical (unpaired) electrons. The van der Waals surface area contributed by atoms with Gasteiger partial charge in [0.2, 0.25) is 0 Å². The predicted octanol–water partition coefficient (Wildman–Crippen LogP) is 2.25. The second-order valence-electron chi connectivity index (χ2n) is 3.36. The number of carboxylic acids is 2. The van der Waals surface area contributed by atoms with Gasteiger partial charge >= 0.3 is 11.9 Å². The van der Waals surface area contributed by atoms with Gasteiger partial charge in [-0.25, -0.2) is 19.4 Å². The van der Waals surface area contributed by atoms with Crippen molar-refractivity contribution in [3.8, 4) is 0 Å². The molecular weight excluding hydrogens is 240 g/mol. The lowest BCUT2D eigenvalue weighted by molar-refractivity contribution is -0.295. The quantitative estimate of drug-likeness (QED) is 0.286. The Morgan fingerprint density at radius 2 is 1.22 bits per heavy atom. The summed E-state index contributed by atoms with van der Waals surface area (Å²) < 4.78 is 0. The van der Waals surface area contributed by atoms with Gasteiger partial charge in [-0.1, -0.05) is 26.7 Å². The third kappa shape index (κ3) is 24.0. The van der Waals surface area contributed by atoms with Crippen molar-refractivity contribution in [1.82, 2.24) is 0 Å². The van der Waals surface area contributed by atoms with Crippen molar-refractivity contribution < 1.29 is 29.6 Å². The molecule has 0 bridgehead atoms. The van der Waals surface area contributed by atoms with E-state index in [0.29, 0.717) is 12.2 Å². The maximum atomic E-state index is 9.55. The van der Waals surface area contributed by atoms with Gasteiger partial charge in [0, 0.05) is 12.2 Å². The first-order chi connectivity index (χ1) is 8.54. The molecule has 0 spiro atoms. The largest absolute Gasteiger partial charge is 0.478 e. The topological polar surface area (TPSA) is 93.1 Å². The Labute approximate surface area is 107 Å².